The summed E-state index contributed by atoms with van der Waals surface area (Å²) in [5.74, 6) is -1.06. The number of ether oxygens (including phenoxy) is 2. The van der Waals surface area contributed by atoms with Gasteiger partial charge in [-0.15, -0.1) is 5.10 Å². The lowest BCUT2D eigenvalue weighted by Crippen LogP contribution is -2.39. The molecule has 9 nitrogen and oxygen atoms in total. The summed E-state index contributed by atoms with van der Waals surface area (Å²) in [5.41, 5.74) is 3.77. The Hall–Kier alpha value is -3.63. The van der Waals surface area contributed by atoms with E-state index in [0.717, 1.165) is 16.7 Å². The van der Waals surface area contributed by atoms with Crippen LogP contribution in [0.4, 0.5) is 10.1 Å². The minimum absolute atomic E-state index is 0.104. The Morgan fingerprint density at radius 1 is 1.21 bits per heavy atom. The fourth-order valence-electron chi connectivity index (χ4n) is 4.52. The van der Waals surface area contributed by atoms with Crippen molar-refractivity contribution in [1.29, 1.82) is 0 Å². The van der Waals surface area contributed by atoms with Gasteiger partial charge in [0.25, 0.3) is 0 Å². The van der Waals surface area contributed by atoms with Gasteiger partial charge in [0, 0.05) is 18.8 Å². The fraction of sp³-hybridized carbons (Fsp3) is 0.333. The first-order chi connectivity index (χ1) is 16.5. The Labute approximate surface area is 195 Å². The number of esters is 1. The zero-order chi connectivity index (χ0) is 23.7. The highest BCUT2D eigenvalue weighted by Crippen LogP contribution is 2.30. The minimum Gasteiger partial charge on any atom is -0.464 e. The van der Waals surface area contributed by atoms with E-state index in [-0.39, 0.29) is 23.5 Å². The molecule has 2 atom stereocenters. The number of fused-ring (bicyclic) bond motifs is 1. The normalized spacial score (nSPS) is 19.7. The van der Waals surface area contributed by atoms with Gasteiger partial charge in [0.05, 0.1) is 38.6 Å². The number of halogens is 1. The van der Waals surface area contributed by atoms with Crippen molar-refractivity contribution in [3.05, 3.63) is 76.9 Å². The molecular formula is C24H24FN5O4. The van der Waals surface area contributed by atoms with Crippen LogP contribution in [-0.4, -0.2) is 51.5 Å². The van der Waals surface area contributed by atoms with Crippen LogP contribution >= 0.6 is 0 Å². The number of benzene rings is 2. The van der Waals surface area contributed by atoms with E-state index in [1.165, 1.54) is 25.4 Å². The number of hydrogen-bond donors (Lipinski definition) is 1. The summed E-state index contributed by atoms with van der Waals surface area (Å²) in [4.78, 5) is 27.1. The van der Waals surface area contributed by atoms with Crippen LogP contribution in [0.3, 0.4) is 0 Å². The van der Waals surface area contributed by atoms with Gasteiger partial charge in [0.15, 0.2) is 5.69 Å². The number of amides is 1. The number of nitrogens with zero attached hydrogens (tertiary/aromatic N) is 4. The molecule has 0 bridgehead atoms. The van der Waals surface area contributed by atoms with Gasteiger partial charge in [-0.2, -0.15) is 0 Å². The third-order valence-electron chi connectivity index (χ3n) is 6.23. The Kier molecular flexibility index (Phi) is 6.08. The van der Waals surface area contributed by atoms with E-state index in [2.05, 4.69) is 15.6 Å². The van der Waals surface area contributed by atoms with E-state index < -0.39 is 12.0 Å². The van der Waals surface area contributed by atoms with Crippen molar-refractivity contribution in [2.45, 2.75) is 38.3 Å². The zero-order valence-corrected chi connectivity index (χ0v) is 18.6. The summed E-state index contributed by atoms with van der Waals surface area (Å²) >= 11 is 0. The maximum absolute atomic E-state index is 13.8. The van der Waals surface area contributed by atoms with Crippen molar-refractivity contribution >= 4 is 17.6 Å². The molecule has 0 saturated carbocycles. The number of rotatable bonds is 6. The van der Waals surface area contributed by atoms with E-state index in [4.69, 9.17) is 9.47 Å². The van der Waals surface area contributed by atoms with Gasteiger partial charge in [0.2, 0.25) is 5.91 Å². The molecule has 1 aromatic heterocycles. The number of carbonyl (C=O) groups excluding carboxylic acids is 2. The topological polar surface area (TPSA) is 98.6 Å². The number of likely N-dealkylation sites (tertiary alicyclic amines) is 1. The molecule has 1 amide bonds. The van der Waals surface area contributed by atoms with Crippen LogP contribution in [0.5, 0.6) is 0 Å². The fourth-order valence-corrected chi connectivity index (χ4v) is 4.52. The Morgan fingerprint density at radius 2 is 2.06 bits per heavy atom. The van der Waals surface area contributed by atoms with Gasteiger partial charge in [-0.3, -0.25) is 9.69 Å². The first-order valence-corrected chi connectivity index (χ1v) is 11.0. The molecule has 34 heavy (non-hydrogen) atoms. The second kappa shape index (κ2) is 9.32. The third-order valence-corrected chi connectivity index (χ3v) is 6.23. The molecule has 0 spiro atoms. The van der Waals surface area contributed by atoms with Crippen LogP contribution in [-0.2, 0) is 34.0 Å². The van der Waals surface area contributed by atoms with Gasteiger partial charge >= 0.3 is 5.97 Å². The lowest BCUT2D eigenvalue weighted by molar-refractivity contribution is -0.120. The molecule has 5 rings (SSSR count). The first kappa shape index (κ1) is 22.2. The predicted molar refractivity (Wildman–Crippen MR) is 119 cm³/mol. The monoisotopic (exact) mass is 465 g/mol. The molecule has 10 heteroatoms. The molecule has 0 radical (unpaired) electrons. The van der Waals surface area contributed by atoms with Crippen LogP contribution in [0.25, 0.3) is 0 Å². The number of carbonyl (C=O) groups is 2. The average Bonchev–Trinajstić information content (AvgIpc) is 3.57. The Morgan fingerprint density at radius 3 is 2.88 bits per heavy atom. The zero-order valence-electron chi connectivity index (χ0n) is 18.6. The van der Waals surface area contributed by atoms with Crippen molar-refractivity contribution in [2.75, 3.05) is 19.0 Å². The summed E-state index contributed by atoms with van der Waals surface area (Å²) in [5, 5.41) is 11.0. The highest BCUT2D eigenvalue weighted by atomic mass is 19.1. The van der Waals surface area contributed by atoms with E-state index in [0.29, 0.717) is 38.4 Å². The van der Waals surface area contributed by atoms with E-state index in [1.807, 2.05) is 29.2 Å². The molecule has 1 saturated heterocycles. The average molecular weight is 465 g/mol. The van der Waals surface area contributed by atoms with Crippen LogP contribution in [0.2, 0.25) is 0 Å². The molecule has 176 valence electrons. The summed E-state index contributed by atoms with van der Waals surface area (Å²) in [7, 11) is 1.28. The number of anilines is 1. The molecule has 2 aliphatic rings. The molecule has 2 aromatic carbocycles. The quantitative estimate of drug-likeness (QED) is 0.559. The second-order valence-electron chi connectivity index (χ2n) is 8.51. The summed E-state index contributed by atoms with van der Waals surface area (Å²) in [6.07, 6.45) is 1.98. The maximum Gasteiger partial charge on any atom is 0.360 e. The number of hydrogen-bond acceptors (Lipinski definition) is 7. The van der Waals surface area contributed by atoms with Crippen LogP contribution in [0.1, 0.15) is 39.6 Å². The molecule has 3 aromatic rings. The SMILES string of the molecule is COC(=O)c1cn([C@@H]2C[C@@H](C(=O)Nc3ccc4c(c3)COC4)N(Cc3cccc(F)c3)C2)nn1. The van der Waals surface area contributed by atoms with Crippen LogP contribution in [0, 0.1) is 5.82 Å². The second-order valence-corrected chi connectivity index (χ2v) is 8.51. The highest BCUT2D eigenvalue weighted by molar-refractivity contribution is 5.95. The number of nitrogens with one attached hydrogen (secondary N) is 1. The summed E-state index contributed by atoms with van der Waals surface area (Å²) in [6, 6.07) is 11.4. The number of methoxy groups -OCH3 is 1. The molecule has 2 aliphatic heterocycles. The van der Waals surface area contributed by atoms with Crippen molar-refractivity contribution in [2.24, 2.45) is 0 Å². The molecule has 0 unspecified atom stereocenters. The van der Waals surface area contributed by atoms with Crippen LogP contribution < -0.4 is 5.32 Å². The van der Waals surface area contributed by atoms with Gasteiger partial charge in [-0.1, -0.05) is 23.4 Å². The Bertz CT molecular complexity index is 1230. The summed E-state index contributed by atoms with van der Waals surface area (Å²) < 4.78 is 25.5. The van der Waals surface area contributed by atoms with E-state index in [1.54, 1.807) is 10.7 Å². The van der Waals surface area contributed by atoms with Gasteiger partial charge < -0.3 is 14.8 Å². The molecule has 0 aliphatic carbocycles. The van der Waals surface area contributed by atoms with E-state index >= 15 is 0 Å². The van der Waals surface area contributed by atoms with Gasteiger partial charge in [-0.25, -0.2) is 13.9 Å². The van der Waals surface area contributed by atoms with E-state index in [9.17, 15) is 14.0 Å². The minimum atomic E-state index is -0.573. The molecule has 1 N–H and O–H groups in total. The lowest BCUT2D eigenvalue weighted by Gasteiger charge is -2.23. The summed E-state index contributed by atoms with van der Waals surface area (Å²) in [6.45, 7) is 1.99. The third kappa shape index (κ3) is 4.55. The first-order valence-electron chi connectivity index (χ1n) is 11.0. The standard InChI is InChI=1S/C24H24FN5O4/c1-33-24(32)21-12-30(28-27-21)20-9-22(29(11-20)10-15-3-2-4-18(25)7-15)23(31)26-19-6-5-16-13-34-14-17(16)8-19/h2-8,12,20,22H,9-11,13-14H2,1H3,(H,26,31)/t20-,22+/m1/s1. The van der Waals surface area contributed by atoms with Crippen molar-refractivity contribution in [3.63, 3.8) is 0 Å². The molecular weight excluding hydrogens is 441 g/mol. The van der Waals surface area contributed by atoms with Crippen molar-refractivity contribution in [3.8, 4) is 0 Å². The predicted octanol–water partition coefficient (Wildman–Crippen LogP) is 2.69. The van der Waals surface area contributed by atoms with Crippen molar-refractivity contribution < 1.29 is 23.5 Å². The smallest absolute Gasteiger partial charge is 0.360 e. The lowest BCUT2D eigenvalue weighted by atomic mass is 10.1. The van der Waals surface area contributed by atoms with Crippen LogP contribution in [0.15, 0.2) is 48.7 Å². The van der Waals surface area contributed by atoms with Gasteiger partial charge in [0.1, 0.15) is 5.82 Å². The largest absolute Gasteiger partial charge is 0.464 e. The maximum atomic E-state index is 13.8. The van der Waals surface area contributed by atoms with Crippen molar-refractivity contribution in [1.82, 2.24) is 19.9 Å². The highest BCUT2D eigenvalue weighted by Gasteiger charge is 2.38. The van der Waals surface area contributed by atoms with Gasteiger partial charge in [-0.05, 0) is 47.4 Å². The Balaban J connectivity index is 1.37. The molecule has 1 fully saturated rings. The molecule has 3 heterocycles. The number of aromatic nitrogens is 3.